The molecule has 21 heavy (non-hydrogen) atoms. The van der Waals surface area contributed by atoms with E-state index in [9.17, 15) is 4.79 Å². The topological polar surface area (TPSA) is 50.4 Å². The van der Waals surface area contributed by atoms with E-state index in [1.807, 2.05) is 49.4 Å². The van der Waals surface area contributed by atoms with Crippen molar-refractivity contribution in [3.63, 3.8) is 0 Å². The van der Waals surface area contributed by atoms with Gasteiger partial charge < -0.3 is 15.4 Å². The number of nitrogens with one attached hydrogen (secondary N) is 2. The van der Waals surface area contributed by atoms with Crippen molar-refractivity contribution in [2.24, 2.45) is 0 Å². The zero-order chi connectivity index (χ0) is 14.8. The van der Waals surface area contributed by atoms with Gasteiger partial charge in [0.2, 0.25) is 0 Å². The van der Waals surface area contributed by atoms with Gasteiger partial charge in [0.15, 0.2) is 6.10 Å². The van der Waals surface area contributed by atoms with E-state index in [0.717, 1.165) is 21.4 Å². The third kappa shape index (κ3) is 3.03. The summed E-state index contributed by atoms with van der Waals surface area (Å²) in [6, 6.07) is 13.4. The van der Waals surface area contributed by atoms with E-state index in [1.165, 1.54) is 0 Å². The lowest BCUT2D eigenvalue weighted by molar-refractivity contribution is -0.122. The maximum Gasteiger partial charge on any atom is 0.267 e. The molecule has 0 radical (unpaired) electrons. The molecule has 0 bridgehead atoms. The molecule has 0 saturated carbocycles. The predicted molar refractivity (Wildman–Crippen MR) is 86.9 cm³/mol. The molecule has 1 aliphatic heterocycles. The van der Waals surface area contributed by atoms with Gasteiger partial charge in [-0.2, -0.15) is 0 Å². The van der Waals surface area contributed by atoms with Crippen molar-refractivity contribution in [2.75, 3.05) is 17.2 Å². The van der Waals surface area contributed by atoms with Crippen molar-refractivity contribution in [1.82, 2.24) is 0 Å². The molecule has 0 fully saturated rings. The second kappa shape index (κ2) is 5.77. The Morgan fingerprint density at radius 3 is 2.95 bits per heavy atom. The van der Waals surface area contributed by atoms with Crippen molar-refractivity contribution in [3.05, 3.63) is 52.5 Å². The zero-order valence-corrected chi connectivity index (χ0v) is 13.1. The molecule has 1 heterocycles. The maximum atomic E-state index is 12.3. The minimum atomic E-state index is -0.548. The Kier molecular flexibility index (Phi) is 3.84. The van der Waals surface area contributed by atoms with Crippen molar-refractivity contribution < 1.29 is 9.53 Å². The van der Waals surface area contributed by atoms with Gasteiger partial charge in [0, 0.05) is 4.47 Å². The molecule has 108 valence electrons. The average molecular weight is 347 g/mol. The molecule has 0 aliphatic carbocycles. The fourth-order valence-corrected chi connectivity index (χ4v) is 2.79. The number of hydrogen-bond acceptors (Lipinski definition) is 3. The third-order valence-electron chi connectivity index (χ3n) is 3.31. The first-order chi connectivity index (χ1) is 10.1. The number of amides is 1. The van der Waals surface area contributed by atoms with Crippen LogP contribution in [0.25, 0.3) is 0 Å². The molecule has 2 N–H and O–H groups in total. The van der Waals surface area contributed by atoms with Gasteiger partial charge in [-0.05, 0) is 52.7 Å². The van der Waals surface area contributed by atoms with Crippen LogP contribution in [0.4, 0.5) is 11.4 Å². The third-order valence-corrected chi connectivity index (χ3v) is 3.97. The van der Waals surface area contributed by atoms with Crippen molar-refractivity contribution in [2.45, 2.75) is 13.0 Å². The summed E-state index contributed by atoms with van der Waals surface area (Å²) in [6.07, 6.45) is -0.548. The highest BCUT2D eigenvalue weighted by Gasteiger charge is 2.26. The van der Waals surface area contributed by atoms with Crippen LogP contribution < -0.4 is 15.4 Å². The van der Waals surface area contributed by atoms with Crippen LogP contribution in [0.5, 0.6) is 5.75 Å². The highest BCUT2D eigenvalue weighted by molar-refractivity contribution is 9.10. The second-order valence-corrected chi connectivity index (χ2v) is 5.81. The number of benzene rings is 2. The molecule has 1 aliphatic rings. The molecular weight excluding hydrogens is 332 g/mol. The Balaban J connectivity index is 1.72. The van der Waals surface area contributed by atoms with Gasteiger partial charge in [0.1, 0.15) is 5.75 Å². The van der Waals surface area contributed by atoms with Crippen LogP contribution in [0, 0.1) is 6.92 Å². The highest BCUT2D eigenvalue weighted by Crippen LogP contribution is 2.29. The smallest absolute Gasteiger partial charge is 0.267 e. The van der Waals surface area contributed by atoms with Gasteiger partial charge in [-0.25, -0.2) is 0 Å². The predicted octanol–water partition coefficient (Wildman–Crippen LogP) is 3.57. The maximum absolute atomic E-state index is 12.3. The normalized spacial score (nSPS) is 16.4. The van der Waals surface area contributed by atoms with Gasteiger partial charge in [0.05, 0.1) is 17.9 Å². The first kappa shape index (κ1) is 13.9. The summed E-state index contributed by atoms with van der Waals surface area (Å²) in [5.41, 5.74) is 2.79. The number of ether oxygens (including phenoxy) is 1. The summed E-state index contributed by atoms with van der Waals surface area (Å²) in [7, 11) is 0. The molecule has 0 aromatic heterocycles. The van der Waals surface area contributed by atoms with Crippen LogP contribution in [-0.4, -0.2) is 18.6 Å². The lowest BCUT2D eigenvalue weighted by atomic mass is 10.2. The number of rotatable bonds is 2. The molecule has 2 aromatic carbocycles. The summed E-state index contributed by atoms with van der Waals surface area (Å²) >= 11 is 3.45. The van der Waals surface area contributed by atoms with Crippen LogP contribution in [0.1, 0.15) is 5.56 Å². The summed E-state index contributed by atoms with van der Waals surface area (Å²) < 4.78 is 6.60. The van der Waals surface area contributed by atoms with Gasteiger partial charge in [0.25, 0.3) is 5.91 Å². The Morgan fingerprint density at radius 1 is 1.33 bits per heavy atom. The minimum absolute atomic E-state index is 0.165. The molecule has 1 amide bonds. The van der Waals surface area contributed by atoms with E-state index in [0.29, 0.717) is 12.3 Å². The Bertz CT molecular complexity index is 688. The monoisotopic (exact) mass is 346 g/mol. The zero-order valence-electron chi connectivity index (χ0n) is 11.5. The van der Waals surface area contributed by atoms with E-state index in [1.54, 1.807) is 0 Å². The van der Waals surface area contributed by atoms with E-state index < -0.39 is 6.10 Å². The second-order valence-electron chi connectivity index (χ2n) is 4.96. The lowest BCUT2D eigenvalue weighted by Crippen LogP contribution is -2.41. The van der Waals surface area contributed by atoms with E-state index in [4.69, 9.17) is 4.74 Å². The summed E-state index contributed by atoms with van der Waals surface area (Å²) in [5, 5.41) is 6.09. The number of anilines is 2. The van der Waals surface area contributed by atoms with Gasteiger partial charge in [-0.15, -0.1) is 0 Å². The summed E-state index contributed by atoms with van der Waals surface area (Å²) in [6.45, 7) is 2.45. The minimum Gasteiger partial charge on any atom is -0.477 e. The lowest BCUT2D eigenvalue weighted by Gasteiger charge is -2.26. The van der Waals surface area contributed by atoms with Gasteiger partial charge in [-0.3, -0.25) is 4.79 Å². The van der Waals surface area contributed by atoms with Gasteiger partial charge in [-0.1, -0.05) is 18.2 Å². The van der Waals surface area contributed by atoms with E-state index >= 15 is 0 Å². The number of aryl methyl sites for hydroxylation is 1. The SMILES string of the molecule is Cc1ccc(NC(=O)C2CNc3ccccc3O2)c(Br)c1. The number of hydrogen-bond donors (Lipinski definition) is 2. The molecule has 1 unspecified atom stereocenters. The van der Waals surface area contributed by atoms with Crippen LogP contribution >= 0.6 is 15.9 Å². The Hall–Kier alpha value is -2.01. The standard InChI is InChI=1S/C16H15BrN2O2/c1-10-6-7-12(11(17)8-10)19-16(20)15-9-18-13-4-2-3-5-14(13)21-15/h2-8,15,18H,9H2,1H3,(H,19,20). The van der Waals surface area contributed by atoms with E-state index in [2.05, 4.69) is 26.6 Å². The Labute approximate surface area is 131 Å². The summed E-state index contributed by atoms with van der Waals surface area (Å²) in [5.74, 6) is 0.536. The van der Waals surface area contributed by atoms with Crippen LogP contribution in [0.2, 0.25) is 0 Å². The number of carbonyl (C=O) groups is 1. The largest absolute Gasteiger partial charge is 0.477 e. The molecule has 2 aromatic rings. The van der Waals surface area contributed by atoms with Crippen LogP contribution in [0.15, 0.2) is 46.9 Å². The Morgan fingerprint density at radius 2 is 2.14 bits per heavy atom. The molecule has 4 nitrogen and oxygen atoms in total. The molecule has 1 atom stereocenters. The van der Waals surface area contributed by atoms with E-state index in [-0.39, 0.29) is 5.91 Å². The molecular formula is C16H15BrN2O2. The quantitative estimate of drug-likeness (QED) is 0.873. The van der Waals surface area contributed by atoms with Crippen molar-refractivity contribution >= 4 is 33.2 Å². The highest BCUT2D eigenvalue weighted by atomic mass is 79.9. The molecule has 5 heteroatoms. The number of halogens is 1. The summed E-state index contributed by atoms with van der Waals surface area (Å²) in [4.78, 5) is 12.3. The van der Waals surface area contributed by atoms with Crippen LogP contribution in [0.3, 0.4) is 0 Å². The first-order valence-electron chi connectivity index (χ1n) is 6.70. The fraction of sp³-hybridized carbons (Fsp3) is 0.188. The van der Waals surface area contributed by atoms with Crippen molar-refractivity contribution in [1.29, 1.82) is 0 Å². The van der Waals surface area contributed by atoms with Crippen molar-refractivity contribution in [3.8, 4) is 5.75 Å². The molecule has 3 rings (SSSR count). The number of carbonyl (C=O) groups excluding carboxylic acids is 1. The van der Waals surface area contributed by atoms with Gasteiger partial charge >= 0.3 is 0 Å². The molecule has 0 saturated heterocycles. The average Bonchev–Trinajstić information content (AvgIpc) is 2.49. The van der Waals surface area contributed by atoms with Crippen LogP contribution in [-0.2, 0) is 4.79 Å². The fourth-order valence-electron chi connectivity index (χ4n) is 2.19. The molecule has 0 spiro atoms. The number of fused-ring (bicyclic) bond motifs is 1. The number of para-hydroxylation sites is 2. The first-order valence-corrected chi connectivity index (χ1v) is 7.49.